The van der Waals surface area contributed by atoms with Gasteiger partial charge in [0.25, 0.3) is 5.56 Å². The molecular weight excluding hydrogens is 388 g/mol. The first-order chi connectivity index (χ1) is 14.9. The average molecular weight is 417 g/mol. The van der Waals surface area contributed by atoms with E-state index in [-0.39, 0.29) is 5.56 Å². The lowest BCUT2D eigenvalue weighted by Crippen LogP contribution is -2.54. The number of aryl methyl sites for hydroxylation is 2. The average Bonchev–Trinajstić information content (AvgIpc) is 3.16. The van der Waals surface area contributed by atoms with Crippen LogP contribution in [0.4, 0.5) is 5.69 Å². The van der Waals surface area contributed by atoms with Crippen LogP contribution in [0.2, 0.25) is 0 Å². The van der Waals surface area contributed by atoms with E-state index in [9.17, 15) is 4.79 Å². The molecule has 0 aliphatic carbocycles. The van der Waals surface area contributed by atoms with Crippen molar-refractivity contribution in [3.63, 3.8) is 0 Å². The topological polar surface area (TPSA) is 66.9 Å². The fraction of sp³-hybridized carbons (Fsp3) is 0.375. The number of anilines is 1. The zero-order valence-electron chi connectivity index (χ0n) is 18.5. The fourth-order valence-electron chi connectivity index (χ4n) is 4.68. The second-order valence-corrected chi connectivity index (χ2v) is 8.67. The molecule has 7 heteroatoms. The molecule has 5 heterocycles. The summed E-state index contributed by atoms with van der Waals surface area (Å²) in [5.41, 5.74) is 6.33. The Balaban J connectivity index is 1.56. The Kier molecular flexibility index (Phi) is 4.78. The lowest BCUT2D eigenvalue weighted by Gasteiger charge is -2.37. The van der Waals surface area contributed by atoms with Crippen LogP contribution in [-0.4, -0.2) is 43.9 Å². The van der Waals surface area contributed by atoms with Gasteiger partial charge >= 0.3 is 0 Å². The number of aromatic nitrogens is 4. The maximum Gasteiger partial charge on any atom is 0.258 e. The van der Waals surface area contributed by atoms with Crippen molar-refractivity contribution in [1.29, 1.82) is 0 Å². The van der Waals surface area contributed by atoms with Crippen LogP contribution in [0, 0.1) is 6.92 Å². The van der Waals surface area contributed by atoms with Crippen molar-refractivity contribution < 1.29 is 0 Å². The predicted molar refractivity (Wildman–Crippen MR) is 124 cm³/mol. The molecule has 0 aromatic carbocycles. The van der Waals surface area contributed by atoms with Crippen molar-refractivity contribution >= 4 is 16.9 Å². The summed E-state index contributed by atoms with van der Waals surface area (Å²) in [4.78, 5) is 24.8. The van der Waals surface area contributed by atoms with Crippen LogP contribution in [0.5, 0.6) is 0 Å². The molecule has 1 aliphatic heterocycles. The first-order valence-electron chi connectivity index (χ1n) is 10.9. The normalized spacial score (nSPS) is 19.4. The Hall–Kier alpha value is -3.19. The fourth-order valence-corrected chi connectivity index (χ4v) is 4.68. The van der Waals surface area contributed by atoms with Crippen molar-refractivity contribution in [2.24, 2.45) is 0 Å². The van der Waals surface area contributed by atoms with E-state index >= 15 is 0 Å². The number of hydrogen-bond donors (Lipinski definition) is 1. The lowest BCUT2D eigenvalue weighted by atomic mass is 10.1. The number of pyridine rings is 1. The van der Waals surface area contributed by atoms with Gasteiger partial charge in [-0.15, -0.1) is 0 Å². The zero-order chi connectivity index (χ0) is 21.7. The van der Waals surface area contributed by atoms with Gasteiger partial charge in [0.1, 0.15) is 5.65 Å². The van der Waals surface area contributed by atoms with E-state index in [1.807, 2.05) is 31.6 Å². The molecule has 4 aromatic heterocycles. The smallest absolute Gasteiger partial charge is 0.258 e. The molecule has 2 atom stereocenters. The number of piperazine rings is 1. The van der Waals surface area contributed by atoms with E-state index in [1.165, 1.54) is 0 Å². The molecule has 1 N–H and O–H groups in total. The molecule has 1 aliphatic rings. The Bertz CT molecular complexity index is 1330. The van der Waals surface area contributed by atoms with Crippen LogP contribution in [-0.2, 0) is 6.42 Å². The number of fused-ring (bicyclic) bond motifs is 2. The summed E-state index contributed by atoms with van der Waals surface area (Å²) in [6, 6.07) is 8.52. The minimum Gasteiger partial charge on any atom is -0.367 e. The summed E-state index contributed by atoms with van der Waals surface area (Å²) in [6.07, 6.45) is 6.80. The highest BCUT2D eigenvalue weighted by molar-refractivity contribution is 5.70. The monoisotopic (exact) mass is 416 g/mol. The van der Waals surface area contributed by atoms with Gasteiger partial charge in [0.2, 0.25) is 0 Å². The summed E-state index contributed by atoms with van der Waals surface area (Å²) in [7, 11) is 0. The Morgan fingerprint density at radius 2 is 1.84 bits per heavy atom. The molecule has 0 saturated carbocycles. The minimum absolute atomic E-state index is 0.0710. The molecule has 5 rings (SSSR count). The lowest BCUT2D eigenvalue weighted by molar-refractivity contribution is 0.407. The first kappa shape index (κ1) is 19.8. The van der Waals surface area contributed by atoms with Gasteiger partial charge in [-0.2, -0.15) is 0 Å². The molecule has 0 bridgehead atoms. The first-order valence-corrected chi connectivity index (χ1v) is 10.9. The highest BCUT2D eigenvalue weighted by Gasteiger charge is 2.21. The highest BCUT2D eigenvalue weighted by Crippen LogP contribution is 2.24. The van der Waals surface area contributed by atoms with Gasteiger partial charge in [-0.25, -0.2) is 4.98 Å². The van der Waals surface area contributed by atoms with Crippen molar-refractivity contribution in [2.75, 3.05) is 18.0 Å². The second-order valence-electron chi connectivity index (χ2n) is 8.67. The molecular formula is C24H28N6O. The molecule has 1 saturated heterocycles. The summed E-state index contributed by atoms with van der Waals surface area (Å²) in [6.45, 7) is 10.3. The molecule has 1 unspecified atom stereocenters. The molecule has 1 fully saturated rings. The number of rotatable bonds is 3. The van der Waals surface area contributed by atoms with Crippen LogP contribution in [0.25, 0.3) is 22.4 Å². The Labute approximate surface area is 181 Å². The van der Waals surface area contributed by atoms with E-state index in [2.05, 4.69) is 52.5 Å². The second kappa shape index (κ2) is 7.50. The summed E-state index contributed by atoms with van der Waals surface area (Å²) in [5, 5.41) is 3.55. The summed E-state index contributed by atoms with van der Waals surface area (Å²) in [5.74, 6) is 0. The molecule has 7 nitrogen and oxygen atoms in total. The van der Waals surface area contributed by atoms with Crippen LogP contribution in [0.15, 0.2) is 47.7 Å². The maximum atomic E-state index is 13.0. The van der Waals surface area contributed by atoms with Gasteiger partial charge < -0.3 is 14.6 Å². The van der Waals surface area contributed by atoms with E-state index in [4.69, 9.17) is 4.98 Å². The van der Waals surface area contributed by atoms with Crippen molar-refractivity contribution in [1.82, 2.24) is 24.1 Å². The van der Waals surface area contributed by atoms with E-state index in [0.717, 1.165) is 47.7 Å². The molecule has 0 radical (unpaired) electrons. The van der Waals surface area contributed by atoms with Crippen molar-refractivity contribution in [2.45, 2.75) is 46.2 Å². The molecule has 0 spiro atoms. The Morgan fingerprint density at radius 3 is 2.58 bits per heavy atom. The van der Waals surface area contributed by atoms with Crippen LogP contribution in [0.3, 0.4) is 0 Å². The highest BCUT2D eigenvalue weighted by atomic mass is 16.1. The van der Waals surface area contributed by atoms with Gasteiger partial charge in [-0.05, 0) is 45.4 Å². The molecule has 4 aromatic rings. The third-order valence-electron chi connectivity index (χ3n) is 5.98. The molecule has 31 heavy (non-hydrogen) atoms. The summed E-state index contributed by atoms with van der Waals surface area (Å²) >= 11 is 0. The number of nitrogens with zero attached hydrogens (tertiary/aromatic N) is 5. The van der Waals surface area contributed by atoms with Gasteiger partial charge in [0.05, 0.1) is 28.3 Å². The van der Waals surface area contributed by atoms with Crippen molar-refractivity contribution in [3.05, 3.63) is 64.6 Å². The number of nitrogens with one attached hydrogen (secondary N) is 1. The summed E-state index contributed by atoms with van der Waals surface area (Å²) < 4.78 is 3.73. The standard InChI is InChI=1S/C24H28N6O/c1-5-20-22-8-18(13-29(22)12-17(4)26-20)21-9-24(31)30-14-19(6-7-23(30)27-21)28-10-15(2)25-16(3)11-28/h6-9,12-16,25H,5,10-11H2,1-4H3/t15-,16?/m0/s1. The Morgan fingerprint density at radius 1 is 1.06 bits per heavy atom. The largest absolute Gasteiger partial charge is 0.367 e. The van der Waals surface area contributed by atoms with Gasteiger partial charge in [0, 0.05) is 55.4 Å². The van der Waals surface area contributed by atoms with Crippen LogP contribution < -0.4 is 15.8 Å². The van der Waals surface area contributed by atoms with Gasteiger partial charge in [0.15, 0.2) is 0 Å². The number of hydrogen-bond acceptors (Lipinski definition) is 5. The van der Waals surface area contributed by atoms with Gasteiger partial charge in [-0.3, -0.25) is 14.2 Å². The van der Waals surface area contributed by atoms with E-state index < -0.39 is 0 Å². The zero-order valence-corrected chi connectivity index (χ0v) is 18.5. The predicted octanol–water partition coefficient (Wildman–Crippen LogP) is 3.07. The van der Waals surface area contributed by atoms with Crippen molar-refractivity contribution in [3.8, 4) is 11.3 Å². The van der Waals surface area contributed by atoms with E-state index in [1.54, 1.807) is 10.5 Å². The minimum atomic E-state index is -0.0710. The quantitative estimate of drug-likeness (QED) is 0.556. The van der Waals surface area contributed by atoms with Crippen LogP contribution >= 0.6 is 0 Å². The third-order valence-corrected chi connectivity index (χ3v) is 5.98. The van der Waals surface area contributed by atoms with Gasteiger partial charge in [-0.1, -0.05) is 6.92 Å². The maximum absolute atomic E-state index is 13.0. The SMILES string of the molecule is CCc1nc(C)cn2cc(-c3cc(=O)n4cc(N5CC(C)N[C@@H](C)C5)ccc4n3)cc12. The molecule has 160 valence electrons. The third kappa shape index (κ3) is 3.59. The van der Waals surface area contributed by atoms with E-state index in [0.29, 0.717) is 23.4 Å². The molecule has 0 amide bonds. The van der Waals surface area contributed by atoms with Crippen LogP contribution in [0.1, 0.15) is 32.2 Å².